The average molecular weight is 256 g/mol. The van der Waals surface area contributed by atoms with E-state index in [4.69, 9.17) is 4.52 Å². The third-order valence-corrected chi connectivity index (χ3v) is 3.59. The van der Waals surface area contributed by atoms with Crippen LogP contribution in [0.2, 0.25) is 0 Å². The maximum Gasteiger partial charge on any atom is 0.276 e. The van der Waals surface area contributed by atoms with Crippen molar-refractivity contribution in [3.05, 3.63) is 53.4 Å². The number of hydrogen-bond donors (Lipinski definition) is 0. The molecular formula is C15H16N2O2. The molecule has 1 aliphatic heterocycles. The molecule has 3 rings (SSSR count). The fourth-order valence-corrected chi connectivity index (χ4v) is 2.57. The molecule has 1 saturated heterocycles. The third kappa shape index (κ3) is 2.38. The molecule has 0 N–H and O–H groups in total. The predicted octanol–water partition coefficient (Wildman–Crippen LogP) is 2.61. The number of likely N-dealkylation sites (tertiary alicyclic amines) is 1. The Balaban J connectivity index is 1.71. The number of amides is 1. The Morgan fingerprint density at radius 1 is 1.37 bits per heavy atom. The van der Waals surface area contributed by atoms with E-state index in [9.17, 15) is 4.79 Å². The smallest absolute Gasteiger partial charge is 0.276 e. The molecule has 0 saturated carbocycles. The van der Waals surface area contributed by atoms with Gasteiger partial charge in [0.1, 0.15) is 5.76 Å². The second-order valence-electron chi connectivity index (χ2n) is 4.97. The summed E-state index contributed by atoms with van der Waals surface area (Å²) in [6, 6.07) is 12.0. The summed E-state index contributed by atoms with van der Waals surface area (Å²) < 4.78 is 4.96. The second kappa shape index (κ2) is 4.88. The van der Waals surface area contributed by atoms with Crippen molar-refractivity contribution in [1.29, 1.82) is 0 Å². The number of benzene rings is 1. The molecule has 1 aromatic carbocycles. The van der Waals surface area contributed by atoms with Crippen LogP contribution in [0.15, 0.2) is 40.9 Å². The number of hydrogen-bond acceptors (Lipinski definition) is 3. The molecule has 0 radical (unpaired) electrons. The van der Waals surface area contributed by atoms with Gasteiger partial charge in [-0.15, -0.1) is 0 Å². The van der Waals surface area contributed by atoms with Gasteiger partial charge in [0.25, 0.3) is 5.91 Å². The Morgan fingerprint density at radius 3 is 2.84 bits per heavy atom. The van der Waals surface area contributed by atoms with Gasteiger partial charge < -0.3 is 9.42 Å². The molecule has 19 heavy (non-hydrogen) atoms. The van der Waals surface area contributed by atoms with Crippen LogP contribution in [0.3, 0.4) is 0 Å². The zero-order valence-corrected chi connectivity index (χ0v) is 10.9. The zero-order valence-electron chi connectivity index (χ0n) is 10.9. The fraction of sp³-hybridized carbons (Fsp3) is 0.333. The predicted molar refractivity (Wildman–Crippen MR) is 70.9 cm³/mol. The van der Waals surface area contributed by atoms with Gasteiger partial charge >= 0.3 is 0 Å². The van der Waals surface area contributed by atoms with Crippen LogP contribution in [0.25, 0.3) is 0 Å². The lowest BCUT2D eigenvalue weighted by Crippen LogP contribution is -2.28. The van der Waals surface area contributed by atoms with E-state index in [0.29, 0.717) is 17.4 Å². The van der Waals surface area contributed by atoms with Crippen LogP contribution < -0.4 is 0 Å². The van der Waals surface area contributed by atoms with Crippen LogP contribution in [0.1, 0.15) is 34.2 Å². The standard InChI is InChI=1S/C15H16N2O2/c1-11-9-14(16-19-11)15(18)17-8-7-13(10-17)12-5-3-2-4-6-12/h2-6,9,13H,7-8,10H2,1H3/t13-/m1/s1. The molecular weight excluding hydrogens is 240 g/mol. The van der Waals surface area contributed by atoms with Crippen molar-refractivity contribution in [2.75, 3.05) is 13.1 Å². The molecule has 0 spiro atoms. The molecule has 0 unspecified atom stereocenters. The largest absolute Gasteiger partial charge is 0.361 e. The second-order valence-corrected chi connectivity index (χ2v) is 4.97. The van der Waals surface area contributed by atoms with Crippen molar-refractivity contribution in [2.45, 2.75) is 19.3 Å². The van der Waals surface area contributed by atoms with E-state index in [-0.39, 0.29) is 5.91 Å². The van der Waals surface area contributed by atoms with Crippen LogP contribution in [0, 0.1) is 6.92 Å². The van der Waals surface area contributed by atoms with Gasteiger partial charge in [-0.1, -0.05) is 35.5 Å². The molecule has 0 aliphatic carbocycles. The molecule has 4 heteroatoms. The van der Waals surface area contributed by atoms with Gasteiger partial charge in [0.15, 0.2) is 5.69 Å². The first-order valence-electron chi connectivity index (χ1n) is 6.51. The van der Waals surface area contributed by atoms with Gasteiger partial charge in [0, 0.05) is 25.1 Å². The van der Waals surface area contributed by atoms with Gasteiger partial charge in [-0.05, 0) is 18.9 Å². The maximum atomic E-state index is 12.2. The lowest BCUT2D eigenvalue weighted by atomic mass is 9.99. The quantitative estimate of drug-likeness (QED) is 0.829. The minimum atomic E-state index is -0.0321. The SMILES string of the molecule is Cc1cc(C(=O)N2CC[C@@H](c3ccccc3)C2)no1. The van der Waals surface area contributed by atoms with E-state index in [1.54, 1.807) is 13.0 Å². The van der Waals surface area contributed by atoms with E-state index in [1.807, 2.05) is 23.1 Å². The highest BCUT2D eigenvalue weighted by Crippen LogP contribution is 2.27. The number of aromatic nitrogens is 1. The van der Waals surface area contributed by atoms with E-state index >= 15 is 0 Å². The van der Waals surface area contributed by atoms with Crippen molar-refractivity contribution >= 4 is 5.91 Å². The minimum Gasteiger partial charge on any atom is -0.361 e. The van der Waals surface area contributed by atoms with Crippen LogP contribution in [-0.2, 0) is 0 Å². The normalized spacial score (nSPS) is 18.8. The van der Waals surface area contributed by atoms with E-state index in [2.05, 4.69) is 17.3 Å². The molecule has 2 aromatic rings. The van der Waals surface area contributed by atoms with E-state index < -0.39 is 0 Å². The molecule has 1 atom stereocenters. The van der Waals surface area contributed by atoms with Crippen molar-refractivity contribution in [2.24, 2.45) is 0 Å². The Kier molecular flexibility index (Phi) is 3.07. The Labute approximate surface area is 112 Å². The minimum absolute atomic E-state index is 0.0321. The maximum absolute atomic E-state index is 12.2. The van der Waals surface area contributed by atoms with Gasteiger partial charge in [0.2, 0.25) is 0 Å². The molecule has 0 bridgehead atoms. The summed E-state index contributed by atoms with van der Waals surface area (Å²) in [5.74, 6) is 1.07. The molecule has 2 heterocycles. The van der Waals surface area contributed by atoms with Crippen LogP contribution in [-0.4, -0.2) is 29.1 Å². The van der Waals surface area contributed by atoms with Crippen LogP contribution in [0.4, 0.5) is 0 Å². The summed E-state index contributed by atoms with van der Waals surface area (Å²) in [6.07, 6.45) is 1.01. The number of carbonyl (C=O) groups excluding carboxylic acids is 1. The Morgan fingerprint density at radius 2 is 2.16 bits per heavy atom. The molecule has 1 aromatic heterocycles. The van der Waals surface area contributed by atoms with E-state index in [0.717, 1.165) is 19.5 Å². The summed E-state index contributed by atoms with van der Waals surface area (Å²) in [5, 5.41) is 3.79. The number of aryl methyl sites for hydroxylation is 1. The Hall–Kier alpha value is -2.10. The van der Waals surface area contributed by atoms with Gasteiger partial charge in [0.05, 0.1) is 0 Å². The zero-order chi connectivity index (χ0) is 13.2. The van der Waals surface area contributed by atoms with Gasteiger partial charge in [-0.2, -0.15) is 0 Å². The summed E-state index contributed by atoms with van der Waals surface area (Å²) >= 11 is 0. The van der Waals surface area contributed by atoms with Crippen LogP contribution >= 0.6 is 0 Å². The lowest BCUT2D eigenvalue weighted by molar-refractivity contribution is 0.0780. The number of nitrogens with zero attached hydrogens (tertiary/aromatic N) is 2. The fourth-order valence-electron chi connectivity index (χ4n) is 2.57. The van der Waals surface area contributed by atoms with E-state index in [1.165, 1.54) is 5.56 Å². The van der Waals surface area contributed by atoms with Gasteiger partial charge in [-0.3, -0.25) is 4.79 Å². The highest BCUT2D eigenvalue weighted by molar-refractivity contribution is 5.92. The first-order chi connectivity index (χ1) is 9.24. The Bertz CT molecular complexity index is 577. The molecule has 98 valence electrons. The van der Waals surface area contributed by atoms with Gasteiger partial charge in [-0.25, -0.2) is 0 Å². The summed E-state index contributed by atoms with van der Waals surface area (Å²) in [5.41, 5.74) is 1.71. The average Bonchev–Trinajstić information content (AvgIpc) is 3.08. The first kappa shape index (κ1) is 12.0. The monoisotopic (exact) mass is 256 g/mol. The molecule has 1 amide bonds. The summed E-state index contributed by atoms with van der Waals surface area (Å²) in [4.78, 5) is 14.1. The summed E-state index contributed by atoms with van der Waals surface area (Å²) in [6.45, 7) is 3.33. The topological polar surface area (TPSA) is 46.3 Å². The number of carbonyl (C=O) groups is 1. The van der Waals surface area contributed by atoms with Crippen LogP contribution in [0.5, 0.6) is 0 Å². The van der Waals surface area contributed by atoms with Crippen molar-refractivity contribution in [3.8, 4) is 0 Å². The van der Waals surface area contributed by atoms with Crippen molar-refractivity contribution in [1.82, 2.24) is 10.1 Å². The third-order valence-electron chi connectivity index (χ3n) is 3.59. The highest BCUT2D eigenvalue weighted by atomic mass is 16.5. The molecule has 1 aliphatic rings. The molecule has 4 nitrogen and oxygen atoms in total. The highest BCUT2D eigenvalue weighted by Gasteiger charge is 2.29. The van der Waals surface area contributed by atoms with Crippen molar-refractivity contribution in [3.63, 3.8) is 0 Å². The lowest BCUT2D eigenvalue weighted by Gasteiger charge is -2.15. The summed E-state index contributed by atoms with van der Waals surface area (Å²) in [7, 11) is 0. The number of rotatable bonds is 2. The molecule has 1 fully saturated rings. The first-order valence-corrected chi connectivity index (χ1v) is 6.51. The van der Waals surface area contributed by atoms with Crippen molar-refractivity contribution < 1.29 is 9.32 Å².